The van der Waals surface area contributed by atoms with Crippen LogP contribution in [0.15, 0.2) is 0 Å². The van der Waals surface area contributed by atoms with Gasteiger partial charge < -0.3 is 15.0 Å². The molecule has 2 heterocycles. The van der Waals surface area contributed by atoms with E-state index >= 15 is 0 Å². The number of nitrogens with zero attached hydrogens (tertiary/aromatic N) is 1. The molecule has 0 aromatic rings. The average molecular weight is 254 g/mol. The summed E-state index contributed by atoms with van der Waals surface area (Å²) in [6.45, 7) is 2.95. The highest BCUT2D eigenvalue weighted by Crippen LogP contribution is 2.18. The number of carbonyl (C=O) groups is 1. The van der Waals surface area contributed by atoms with Gasteiger partial charge in [-0.25, -0.2) is 0 Å². The van der Waals surface area contributed by atoms with Crippen molar-refractivity contribution in [1.82, 2.24) is 10.2 Å². The first-order valence-corrected chi connectivity index (χ1v) is 7.35. The summed E-state index contributed by atoms with van der Waals surface area (Å²) in [4.78, 5) is 14.2. The molecule has 0 spiro atoms. The van der Waals surface area contributed by atoms with Crippen LogP contribution in [0.25, 0.3) is 0 Å². The second-order valence-corrected chi connectivity index (χ2v) is 5.53. The molecule has 0 radical (unpaired) electrons. The molecule has 2 rings (SSSR count). The molecular formula is C14H26N2O2. The van der Waals surface area contributed by atoms with Gasteiger partial charge in [0.1, 0.15) is 0 Å². The lowest BCUT2D eigenvalue weighted by Crippen LogP contribution is -2.39. The quantitative estimate of drug-likeness (QED) is 0.831. The normalized spacial score (nSPS) is 29.6. The molecule has 2 saturated heterocycles. The maximum atomic E-state index is 12.2. The third kappa shape index (κ3) is 3.95. The Labute approximate surface area is 110 Å². The lowest BCUT2D eigenvalue weighted by molar-refractivity contribution is -0.136. The fourth-order valence-electron chi connectivity index (χ4n) is 2.90. The highest BCUT2D eigenvalue weighted by Gasteiger charge is 2.24. The fraction of sp³-hybridized carbons (Fsp3) is 0.929. The van der Waals surface area contributed by atoms with Crippen LogP contribution < -0.4 is 5.32 Å². The first kappa shape index (κ1) is 13.8. The molecule has 1 N–H and O–H groups in total. The van der Waals surface area contributed by atoms with E-state index in [0.717, 1.165) is 45.4 Å². The summed E-state index contributed by atoms with van der Waals surface area (Å²) in [6, 6.07) is 0.413. The molecule has 1 amide bonds. The number of ether oxygens (including phenoxy) is 1. The van der Waals surface area contributed by atoms with Gasteiger partial charge in [-0.2, -0.15) is 0 Å². The van der Waals surface area contributed by atoms with Crippen LogP contribution in [-0.2, 0) is 9.53 Å². The number of nitrogens with one attached hydrogen (secondary N) is 1. The van der Waals surface area contributed by atoms with E-state index < -0.39 is 0 Å². The van der Waals surface area contributed by atoms with Crippen LogP contribution in [-0.4, -0.2) is 49.7 Å². The molecule has 0 saturated carbocycles. The van der Waals surface area contributed by atoms with Crippen LogP contribution >= 0.6 is 0 Å². The summed E-state index contributed by atoms with van der Waals surface area (Å²) in [6.07, 6.45) is 7.50. The highest BCUT2D eigenvalue weighted by atomic mass is 16.5. The Morgan fingerprint density at radius 1 is 1.22 bits per heavy atom. The van der Waals surface area contributed by atoms with Gasteiger partial charge >= 0.3 is 0 Å². The van der Waals surface area contributed by atoms with Gasteiger partial charge in [-0.1, -0.05) is 0 Å². The molecule has 0 aromatic carbocycles. The summed E-state index contributed by atoms with van der Waals surface area (Å²) in [7, 11) is 1.96. The Morgan fingerprint density at radius 2 is 2.11 bits per heavy atom. The summed E-state index contributed by atoms with van der Waals surface area (Å²) in [5, 5.41) is 3.39. The molecule has 2 unspecified atom stereocenters. The largest absolute Gasteiger partial charge is 0.378 e. The maximum Gasteiger partial charge on any atom is 0.225 e. The Morgan fingerprint density at radius 3 is 2.89 bits per heavy atom. The van der Waals surface area contributed by atoms with Gasteiger partial charge in [-0.3, -0.25) is 4.79 Å². The van der Waals surface area contributed by atoms with E-state index in [1.807, 2.05) is 11.9 Å². The third-order valence-corrected chi connectivity index (χ3v) is 4.16. The van der Waals surface area contributed by atoms with E-state index in [-0.39, 0.29) is 12.0 Å². The summed E-state index contributed by atoms with van der Waals surface area (Å²) >= 11 is 0. The SMILES string of the molecule is CN(C(=O)CC1CCCCO1)C1CCCNCC1. The number of carbonyl (C=O) groups excluding carboxylic acids is 1. The molecule has 2 aliphatic heterocycles. The van der Waals surface area contributed by atoms with Gasteiger partial charge in [-0.05, 0) is 51.6 Å². The monoisotopic (exact) mass is 254 g/mol. The number of rotatable bonds is 3. The lowest BCUT2D eigenvalue weighted by Gasteiger charge is -2.30. The average Bonchev–Trinajstić information content (AvgIpc) is 2.68. The van der Waals surface area contributed by atoms with Crippen molar-refractivity contribution in [3.63, 3.8) is 0 Å². The second-order valence-electron chi connectivity index (χ2n) is 5.53. The second kappa shape index (κ2) is 7.10. The van der Waals surface area contributed by atoms with E-state index in [9.17, 15) is 4.79 Å². The van der Waals surface area contributed by atoms with Crippen LogP contribution in [0.1, 0.15) is 44.9 Å². The highest BCUT2D eigenvalue weighted by molar-refractivity contribution is 5.76. The van der Waals surface area contributed by atoms with E-state index in [4.69, 9.17) is 4.74 Å². The van der Waals surface area contributed by atoms with Crippen LogP contribution in [0.2, 0.25) is 0 Å². The predicted molar refractivity (Wildman–Crippen MR) is 71.5 cm³/mol. The first-order chi connectivity index (χ1) is 8.77. The molecule has 4 heteroatoms. The van der Waals surface area contributed by atoms with Crippen molar-refractivity contribution >= 4 is 5.91 Å². The standard InChI is InChI=1S/C14H26N2O2/c1-16(12-5-4-8-15-9-7-12)14(17)11-13-6-2-3-10-18-13/h12-13,15H,2-11H2,1H3. The van der Waals surface area contributed by atoms with E-state index in [1.54, 1.807) is 0 Å². The molecule has 4 nitrogen and oxygen atoms in total. The molecule has 0 bridgehead atoms. The lowest BCUT2D eigenvalue weighted by atomic mass is 10.0. The molecule has 0 aliphatic carbocycles. The van der Waals surface area contributed by atoms with Gasteiger partial charge in [0.25, 0.3) is 0 Å². The van der Waals surface area contributed by atoms with E-state index in [2.05, 4.69) is 5.32 Å². The molecule has 2 atom stereocenters. The summed E-state index contributed by atoms with van der Waals surface area (Å²) in [5.74, 6) is 0.258. The van der Waals surface area contributed by atoms with Crippen LogP contribution in [0.3, 0.4) is 0 Å². The number of amides is 1. The van der Waals surface area contributed by atoms with Crippen LogP contribution in [0.4, 0.5) is 0 Å². The van der Waals surface area contributed by atoms with Gasteiger partial charge in [-0.15, -0.1) is 0 Å². The van der Waals surface area contributed by atoms with Crippen molar-refractivity contribution in [3.05, 3.63) is 0 Å². The fourth-order valence-corrected chi connectivity index (χ4v) is 2.90. The zero-order valence-corrected chi connectivity index (χ0v) is 11.5. The van der Waals surface area contributed by atoms with Crippen molar-refractivity contribution in [2.45, 2.75) is 57.1 Å². The van der Waals surface area contributed by atoms with Gasteiger partial charge in [0.15, 0.2) is 0 Å². The van der Waals surface area contributed by atoms with Gasteiger partial charge in [0.05, 0.1) is 12.5 Å². The molecule has 104 valence electrons. The minimum absolute atomic E-state index is 0.164. The minimum atomic E-state index is 0.164. The van der Waals surface area contributed by atoms with Crippen LogP contribution in [0.5, 0.6) is 0 Å². The maximum absolute atomic E-state index is 12.2. The zero-order chi connectivity index (χ0) is 12.8. The molecular weight excluding hydrogens is 228 g/mol. The van der Waals surface area contributed by atoms with E-state index in [0.29, 0.717) is 12.5 Å². The smallest absolute Gasteiger partial charge is 0.225 e. The molecule has 2 aliphatic rings. The Bertz CT molecular complexity index is 257. The number of hydrogen-bond donors (Lipinski definition) is 1. The van der Waals surface area contributed by atoms with Crippen molar-refractivity contribution < 1.29 is 9.53 Å². The zero-order valence-electron chi connectivity index (χ0n) is 11.5. The van der Waals surface area contributed by atoms with Crippen LogP contribution in [0, 0.1) is 0 Å². The first-order valence-electron chi connectivity index (χ1n) is 7.35. The van der Waals surface area contributed by atoms with Crippen molar-refractivity contribution in [2.75, 3.05) is 26.7 Å². The third-order valence-electron chi connectivity index (χ3n) is 4.16. The van der Waals surface area contributed by atoms with Crippen molar-refractivity contribution in [2.24, 2.45) is 0 Å². The number of hydrogen-bond acceptors (Lipinski definition) is 3. The van der Waals surface area contributed by atoms with Gasteiger partial charge in [0.2, 0.25) is 5.91 Å². The van der Waals surface area contributed by atoms with Crippen molar-refractivity contribution in [1.29, 1.82) is 0 Å². The van der Waals surface area contributed by atoms with Crippen molar-refractivity contribution in [3.8, 4) is 0 Å². The predicted octanol–water partition coefficient (Wildman–Crippen LogP) is 1.55. The summed E-state index contributed by atoms with van der Waals surface area (Å²) in [5.41, 5.74) is 0. The molecule has 0 aromatic heterocycles. The minimum Gasteiger partial charge on any atom is -0.378 e. The Kier molecular flexibility index (Phi) is 5.45. The Hall–Kier alpha value is -0.610. The summed E-state index contributed by atoms with van der Waals surface area (Å²) < 4.78 is 5.65. The van der Waals surface area contributed by atoms with E-state index in [1.165, 1.54) is 12.8 Å². The molecule has 18 heavy (non-hydrogen) atoms. The Balaban J connectivity index is 1.79. The topological polar surface area (TPSA) is 41.6 Å². The molecule has 2 fully saturated rings. The van der Waals surface area contributed by atoms with Gasteiger partial charge in [0, 0.05) is 19.7 Å².